The van der Waals surface area contributed by atoms with Gasteiger partial charge in [0.2, 0.25) is 0 Å². The highest BCUT2D eigenvalue weighted by Crippen LogP contribution is 2.34. The van der Waals surface area contributed by atoms with E-state index in [2.05, 4.69) is 31.0 Å². The molecule has 1 aliphatic heterocycles. The maximum atomic E-state index is 5.34. The molecule has 1 heterocycles. The number of likely N-dealkylation sites (N-methyl/N-ethyl adjacent to an activating group) is 1. The molecular weight excluding hydrogens is 236 g/mol. The Bertz CT molecular complexity index is 271. The van der Waals surface area contributed by atoms with Gasteiger partial charge in [0.05, 0.1) is 6.61 Å². The van der Waals surface area contributed by atoms with Gasteiger partial charge in [0.1, 0.15) is 0 Å². The van der Waals surface area contributed by atoms with E-state index in [-0.39, 0.29) is 0 Å². The van der Waals surface area contributed by atoms with Gasteiger partial charge in [0, 0.05) is 25.7 Å². The van der Waals surface area contributed by atoms with E-state index in [4.69, 9.17) is 4.74 Å². The van der Waals surface area contributed by atoms with Crippen LogP contribution in [0.5, 0.6) is 0 Å². The Balaban J connectivity index is 1.99. The quantitative estimate of drug-likeness (QED) is 0.828. The summed E-state index contributed by atoms with van der Waals surface area (Å²) in [6.07, 6.45) is 4.04. The number of hydrogen-bond donors (Lipinski definition) is 1. The molecule has 0 aromatic heterocycles. The second-order valence-electron chi connectivity index (χ2n) is 6.81. The van der Waals surface area contributed by atoms with E-state index in [1.807, 2.05) is 7.11 Å². The molecule has 1 saturated heterocycles. The lowest BCUT2D eigenvalue weighted by Crippen LogP contribution is -2.56. The minimum absolute atomic E-state index is 0.685. The molecule has 0 radical (unpaired) electrons. The summed E-state index contributed by atoms with van der Waals surface area (Å²) < 4.78 is 5.34. The minimum atomic E-state index is 0.685. The van der Waals surface area contributed by atoms with Crippen LogP contribution in [0.15, 0.2) is 0 Å². The number of nitrogens with one attached hydrogen (secondary N) is 1. The van der Waals surface area contributed by atoms with Crippen molar-refractivity contribution >= 4 is 0 Å². The molecule has 1 aliphatic carbocycles. The number of ether oxygens (including phenoxy) is 1. The summed E-state index contributed by atoms with van der Waals surface area (Å²) in [4.78, 5) is 2.74. The third-order valence-electron chi connectivity index (χ3n) is 5.03. The lowest BCUT2D eigenvalue weighted by Gasteiger charge is -2.45. The summed E-state index contributed by atoms with van der Waals surface area (Å²) in [5.41, 5.74) is 0. The van der Waals surface area contributed by atoms with Crippen LogP contribution < -0.4 is 5.32 Å². The molecule has 2 rings (SSSR count). The summed E-state index contributed by atoms with van der Waals surface area (Å²) in [5, 5.41) is 3.75. The summed E-state index contributed by atoms with van der Waals surface area (Å²) in [6, 6.07) is 1.42. The van der Waals surface area contributed by atoms with E-state index in [0.717, 1.165) is 36.9 Å². The highest BCUT2D eigenvalue weighted by Gasteiger charge is 2.39. The van der Waals surface area contributed by atoms with Gasteiger partial charge in [-0.1, -0.05) is 20.8 Å². The van der Waals surface area contributed by atoms with Crippen LogP contribution in [0.2, 0.25) is 0 Å². The molecule has 5 atom stereocenters. The van der Waals surface area contributed by atoms with Crippen molar-refractivity contribution in [2.45, 2.75) is 52.1 Å². The second kappa shape index (κ2) is 7.05. The van der Waals surface area contributed by atoms with Crippen molar-refractivity contribution in [3.8, 4) is 0 Å². The van der Waals surface area contributed by atoms with Gasteiger partial charge in [-0.3, -0.25) is 4.90 Å². The third kappa shape index (κ3) is 3.71. The molecule has 2 aliphatic rings. The van der Waals surface area contributed by atoms with Crippen molar-refractivity contribution in [1.82, 2.24) is 10.2 Å². The maximum absolute atomic E-state index is 5.34. The molecule has 0 amide bonds. The van der Waals surface area contributed by atoms with E-state index in [1.165, 1.54) is 32.4 Å². The molecule has 2 fully saturated rings. The third-order valence-corrected chi connectivity index (χ3v) is 5.03. The molecular formula is C16H32N2O. The van der Waals surface area contributed by atoms with Crippen LogP contribution in [0.3, 0.4) is 0 Å². The zero-order chi connectivity index (χ0) is 13.8. The van der Waals surface area contributed by atoms with E-state index in [1.54, 1.807) is 0 Å². The largest absolute Gasteiger partial charge is 0.384 e. The molecule has 1 saturated carbocycles. The Labute approximate surface area is 119 Å². The Morgan fingerprint density at radius 1 is 1.26 bits per heavy atom. The van der Waals surface area contributed by atoms with Crippen LogP contribution in [0.1, 0.15) is 40.0 Å². The Kier molecular flexibility index (Phi) is 5.67. The molecule has 0 spiro atoms. The fraction of sp³-hybridized carbons (Fsp3) is 1.00. The normalized spacial score (nSPS) is 40.7. The van der Waals surface area contributed by atoms with Crippen molar-refractivity contribution in [2.24, 2.45) is 17.8 Å². The predicted octanol–water partition coefficient (Wildman–Crippen LogP) is 2.37. The van der Waals surface area contributed by atoms with Gasteiger partial charge in [0.15, 0.2) is 0 Å². The van der Waals surface area contributed by atoms with Gasteiger partial charge in [-0.2, -0.15) is 0 Å². The summed E-state index contributed by atoms with van der Waals surface area (Å²) in [6.45, 7) is 11.6. The first-order valence-electron chi connectivity index (χ1n) is 8.12. The summed E-state index contributed by atoms with van der Waals surface area (Å²) in [7, 11) is 1.83. The smallest absolute Gasteiger partial charge is 0.0503 e. The molecule has 0 aromatic carbocycles. The standard InChI is InChI=1S/C16H32N2O/c1-5-17-15-9-12(2)8-13(3)16(15)18-7-6-14(10-18)11-19-4/h12-17H,5-11H2,1-4H3. The van der Waals surface area contributed by atoms with Crippen LogP contribution in [0, 0.1) is 17.8 Å². The van der Waals surface area contributed by atoms with E-state index in [9.17, 15) is 0 Å². The number of methoxy groups -OCH3 is 1. The maximum Gasteiger partial charge on any atom is 0.0503 e. The summed E-state index contributed by atoms with van der Waals surface area (Å²) in [5.74, 6) is 2.43. The lowest BCUT2D eigenvalue weighted by molar-refractivity contribution is 0.0713. The van der Waals surface area contributed by atoms with Gasteiger partial charge >= 0.3 is 0 Å². The average Bonchev–Trinajstić information content (AvgIpc) is 2.77. The number of nitrogens with zero attached hydrogens (tertiary/aromatic N) is 1. The first-order chi connectivity index (χ1) is 9.15. The summed E-state index contributed by atoms with van der Waals surface area (Å²) >= 11 is 0. The van der Waals surface area contributed by atoms with Crippen LogP contribution in [0.25, 0.3) is 0 Å². The van der Waals surface area contributed by atoms with Crippen LogP contribution in [-0.2, 0) is 4.74 Å². The Morgan fingerprint density at radius 3 is 2.74 bits per heavy atom. The molecule has 1 N–H and O–H groups in total. The van der Waals surface area contributed by atoms with Gasteiger partial charge < -0.3 is 10.1 Å². The molecule has 19 heavy (non-hydrogen) atoms. The van der Waals surface area contributed by atoms with Crippen LogP contribution in [0.4, 0.5) is 0 Å². The topological polar surface area (TPSA) is 24.5 Å². The Morgan fingerprint density at radius 2 is 2.05 bits per heavy atom. The molecule has 112 valence electrons. The number of rotatable bonds is 5. The van der Waals surface area contributed by atoms with Crippen LogP contribution in [-0.4, -0.2) is 50.3 Å². The predicted molar refractivity (Wildman–Crippen MR) is 80.4 cm³/mol. The van der Waals surface area contributed by atoms with Gasteiger partial charge in [0.25, 0.3) is 0 Å². The monoisotopic (exact) mass is 268 g/mol. The molecule has 5 unspecified atom stereocenters. The minimum Gasteiger partial charge on any atom is -0.384 e. The van der Waals surface area contributed by atoms with Crippen molar-refractivity contribution in [2.75, 3.05) is 33.4 Å². The fourth-order valence-electron chi connectivity index (χ4n) is 4.43. The SMILES string of the molecule is CCNC1CC(C)CC(C)C1N1CCC(COC)C1. The second-order valence-corrected chi connectivity index (χ2v) is 6.81. The number of likely N-dealkylation sites (tertiary alicyclic amines) is 1. The van der Waals surface area contributed by atoms with Crippen molar-refractivity contribution in [1.29, 1.82) is 0 Å². The van der Waals surface area contributed by atoms with Crippen LogP contribution >= 0.6 is 0 Å². The molecule has 3 heteroatoms. The fourth-order valence-corrected chi connectivity index (χ4v) is 4.43. The van der Waals surface area contributed by atoms with E-state index < -0.39 is 0 Å². The molecule has 3 nitrogen and oxygen atoms in total. The van der Waals surface area contributed by atoms with Gasteiger partial charge in [-0.05, 0) is 50.1 Å². The lowest BCUT2D eigenvalue weighted by atomic mass is 9.76. The zero-order valence-corrected chi connectivity index (χ0v) is 13.2. The van der Waals surface area contributed by atoms with Crippen molar-refractivity contribution < 1.29 is 4.74 Å². The Hall–Kier alpha value is -0.120. The van der Waals surface area contributed by atoms with Gasteiger partial charge in [-0.25, -0.2) is 0 Å². The van der Waals surface area contributed by atoms with Crippen molar-refractivity contribution in [3.63, 3.8) is 0 Å². The van der Waals surface area contributed by atoms with Crippen molar-refractivity contribution in [3.05, 3.63) is 0 Å². The van der Waals surface area contributed by atoms with Gasteiger partial charge in [-0.15, -0.1) is 0 Å². The number of hydrogen-bond acceptors (Lipinski definition) is 3. The zero-order valence-electron chi connectivity index (χ0n) is 13.2. The molecule has 0 aromatic rings. The highest BCUT2D eigenvalue weighted by molar-refractivity contribution is 4.96. The average molecular weight is 268 g/mol. The van der Waals surface area contributed by atoms with E-state index >= 15 is 0 Å². The molecule has 0 bridgehead atoms. The first-order valence-corrected chi connectivity index (χ1v) is 8.12. The van der Waals surface area contributed by atoms with E-state index in [0.29, 0.717) is 6.04 Å². The first kappa shape index (κ1) is 15.3. The highest BCUT2D eigenvalue weighted by atomic mass is 16.5.